The molecule has 20 heavy (non-hydrogen) atoms. The van der Waals surface area contributed by atoms with Crippen LogP contribution >= 0.6 is 27.7 Å². The predicted molar refractivity (Wildman–Crippen MR) is 80.1 cm³/mol. The predicted octanol–water partition coefficient (Wildman–Crippen LogP) is 1.59. The standard InChI is InChI=1S/C12H12BrN3O3S/c1-7(17)14-10-3-2-8(13)4-9(10)12(19)15-16-6-20-5-11(16)18/h2-4H,5-6H2,1H3,(H,14,17)(H,15,19). The Bertz CT molecular complexity index is 579. The molecule has 1 aliphatic heterocycles. The topological polar surface area (TPSA) is 78.5 Å². The van der Waals surface area contributed by atoms with Crippen molar-refractivity contribution < 1.29 is 14.4 Å². The van der Waals surface area contributed by atoms with Gasteiger partial charge in [-0.05, 0) is 18.2 Å². The highest BCUT2D eigenvalue weighted by Gasteiger charge is 2.24. The number of carbonyl (C=O) groups excluding carboxylic acids is 3. The zero-order valence-electron chi connectivity index (χ0n) is 10.6. The molecule has 1 aromatic carbocycles. The van der Waals surface area contributed by atoms with Gasteiger partial charge in [0.05, 0.1) is 22.9 Å². The average Bonchev–Trinajstić information content (AvgIpc) is 2.76. The van der Waals surface area contributed by atoms with Crippen LogP contribution in [0.5, 0.6) is 0 Å². The zero-order chi connectivity index (χ0) is 14.7. The number of benzene rings is 1. The summed E-state index contributed by atoms with van der Waals surface area (Å²) in [5.41, 5.74) is 3.23. The zero-order valence-corrected chi connectivity index (χ0v) is 13.0. The number of thioether (sulfide) groups is 1. The number of amides is 3. The molecule has 106 valence electrons. The molecule has 0 aromatic heterocycles. The molecule has 1 saturated heterocycles. The van der Waals surface area contributed by atoms with E-state index in [0.29, 0.717) is 27.4 Å². The molecule has 1 aliphatic rings. The molecule has 0 unspecified atom stereocenters. The highest BCUT2D eigenvalue weighted by Crippen LogP contribution is 2.22. The molecule has 1 fully saturated rings. The SMILES string of the molecule is CC(=O)Nc1ccc(Br)cc1C(=O)NN1CSCC1=O. The van der Waals surface area contributed by atoms with Crippen molar-refractivity contribution in [3.05, 3.63) is 28.2 Å². The second-order valence-corrected chi connectivity index (χ2v) is 5.98. The van der Waals surface area contributed by atoms with Gasteiger partial charge in [0.2, 0.25) is 5.91 Å². The molecule has 1 aromatic rings. The van der Waals surface area contributed by atoms with Gasteiger partial charge in [0, 0.05) is 11.4 Å². The van der Waals surface area contributed by atoms with Crippen molar-refractivity contribution in [1.82, 2.24) is 10.4 Å². The van der Waals surface area contributed by atoms with E-state index < -0.39 is 5.91 Å². The van der Waals surface area contributed by atoms with E-state index in [2.05, 4.69) is 26.7 Å². The van der Waals surface area contributed by atoms with Gasteiger partial charge in [-0.2, -0.15) is 0 Å². The smallest absolute Gasteiger partial charge is 0.272 e. The third kappa shape index (κ3) is 3.51. The molecular weight excluding hydrogens is 346 g/mol. The summed E-state index contributed by atoms with van der Waals surface area (Å²) < 4.78 is 0.707. The van der Waals surface area contributed by atoms with E-state index in [1.54, 1.807) is 18.2 Å². The summed E-state index contributed by atoms with van der Waals surface area (Å²) in [5.74, 6) is -0.0646. The monoisotopic (exact) mass is 357 g/mol. The fraction of sp³-hybridized carbons (Fsp3) is 0.250. The second kappa shape index (κ2) is 6.27. The quantitative estimate of drug-likeness (QED) is 0.860. The second-order valence-electron chi connectivity index (χ2n) is 4.11. The maximum absolute atomic E-state index is 12.2. The van der Waals surface area contributed by atoms with E-state index >= 15 is 0 Å². The lowest BCUT2D eigenvalue weighted by atomic mass is 10.1. The molecule has 6 nitrogen and oxygen atoms in total. The maximum atomic E-state index is 12.2. The number of halogens is 1. The van der Waals surface area contributed by atoms with Gasteiger partial charge in [-0.15, -0.1) is 11.8 Å². The lowest BCUT2D eigenvalue weighted by Crippen LogP contribution is -2.43. The van der Waals surface area contributed by atoms with E-state index in [0.717, 1.165) is 0 Å². The summed E-state index contributed by atoms with van der Waals surface area (Å²) in [7, 11) is 0. The Kier molecular flexibility index (Phi) is 4.66. The van der Waals surface area contributed by atoms with Crippen LogP contribution in [0.15, 0.2) is 22.7 Å². The summed E-state index contributed by atoms with van der Waals surface area (Å²) in [6.07, 6.45) is 0. The number of rotatable bonds is 3. The lowest BCUT2D eigenvalue weighted by molar-refractivity contribution is -0.128. The Labute approximate surface area is 128 Å². The Morgan fingerprint density at radius 2 is 2.15 bits per heavy atom. The Balaban J connectivity index is 2.21. The highest BCUT2D eigenvalue weighted by atomic mass is 79.9. The molecule has 0 radical (unpaired) electrons. The van der Waals surface area contributed by atoms with E-state index in [1.807, 2.05) is 0 Å². The van der Waals surface area contributed by atoms with Crippen LogP contribution in [0.4, 0.5) is 5.69 Å². The van der Waals surface area contributed by atoms with Gasteiger partial charge < -0.3 is 5.32 Å². The number of hydrogen-bond donors (Lipinski definition) is 2. The normalized spacial score (nSPS) is 14.3. The number of nitrogens with zero attached hydrogens (tertiary/aromatic N) is 1. The van der Waals surface area contributed by atoms with Crippen molar-refractivity contribution in [2.45, 2.75) is 6.92 Å². The Morgan fingerprint density at radius 1 is 1.40 bits per heavy atom. The highest BCUT2D eigenvalue weighted by molar-refractivity contribution is 9.10. The first-order valence-electron chi connectivity index (χ1n) is 5.73. The first-order chi connectivity index (χ1) is 9.47. The minimum atomic E-state index is -0.439. The molecule has 8 heteroatoms. The maximum Gasteiger partial charge on any atom is 0.272 e. The third-order valence-electron chi connectivity index (χ3n) is 2.52. The van der Waals surface area contributed by atoms with Crippen LogP contribution in [-0.2, 0) is 9.59 Å². The van der Waals surface area contributed by atoms with Gasteiger partial charge in [0.15, 0.2) is 0 Å². The Hall–Kier alpha value is -1.54. The summed E-state index contributed by atoms with van der Waals surface area (Å²) in [4.78, 5) is 34.8. The summed E-state index contributed by atoms with van der Waals surface area (Å²) in [6, 6.07) is 4.94. The molecule has 0 spiro atoms. The molecule has 0 saturated carbocycles. The van der Waals surface area contributed by atoms with Gasteiger partial charge in [0.1, 0.15) is 0 Å². The number of anilines is 1. The van der Waals surface area contributed by atoms with Crippen LogP contribution in [0.3, 0.4) is 0 Å². The van der Waals surface area contributed by atoms with Crippen molar-refractivity contribution in [3.63, 3.8) is 0 Å². The molecular formula is C12H12BrN3O3S. The van der Waals surface area contributed by atoms with Crippen molar-refractivity contribution in [2.75, 3.05) is 16.9 Å². The Morgan fingerprint density at radius 3 is 2.75 bits per heavy atom. The van der Waals surface area contributed by atoms with E-state index in [-0.39, 0.29) is 11.8 Å². The lowest BCUT2D eigenvalue weighted by Gasteiger charge is -2.17. The molecule has 2 rings (SSSR count). The van der Waals surface area contributed by atoms with E-state index in [4.69, 9.17) is 0 Å². The van der Waals surface area contributed by atoms with Crippen LogP contribution in [0.25, 0.3) is 0 Å². The van der Waals surface area contributed by atoms with Crippen LogP contribution in [0.1, 0.15) is 17.3 Å². The summed E-state index contributed by atoms with van der Waals surface area (Å²) in [6.45, 7) is 1.37. The van der Waals surface area contributed by atoms with Gasteiger partial charge in [0.25, 0.3) is 11.8 Å². The minimum absolute atomic E-state index is 0.139. The number of nitrogens with one attached hydrogen (secondary N) is 2. The molecule has 1 heterocycles. The third-order valence-corrected chi connectivity index (χ3v) is 3.91. The van der Waals surface area contributed by atoms with E-state index in [1.165, 1.54) is 23.7 Å². The molecule has 0 bridgehead atoms. The van der Waals surface area contributed by atoms with Crippen LogP contribution in [0, 0.1) is 0 Å². The number of hydrazine groups is 1. The molecule has 0 aliphatic carbocycles. The van der Waals surface area contributed by atoms with Gasteiger partial charge in [-0.3, -0.25) is 19.8 Å². The van der Waals surface area contributed by atoms with Crippen molar-refractivity contribution >= 4 is 51.1 Å². The van der Waals surface area contributed by atoms with Crippen LogP contribution in [0.2, 0.25) is 0 Å². The van der Waals surface area contributed by atoms with Crippen molar-refractivity contribution in [3.8, 4) is 0 Å². The fourth-order valence-electron chi connectivity index (χ4n) is 1.65. The van der Waals surface area contributed by atoms with Crippen molar-refractivity contribution in [1.29, 1.82) is 0 Å². The van der Waals surface area contributed by atoms with Gasteiger partial charge in [-0.1, -0.05) is 15.9 Å². The average molecular weight is 358 g/mol. The fourth-order valence-corrected chi connectivity index (χ4v) is 2.83. The minimum Gasteiger partial charge on any atom is -0.326 e. The van der Waals surface area contributed by atoms with Gasteiger partial charge in [-0.25, -0.2) is 5.01 Å². The molecule has 2 N–H and O–H groups in total. The van der Waals surface area contributed by atoms with Crippen LogP contribution in [-0.4, -0.2) is 34.4 Å². The summed E-state index contributed by atoms with van der Waals surface area (Å²) in [5, 5.41) is 3.86. The number of hydrogen-bond acceptors (Lipinski definition) is 4. The van der Waals surface area contributed by atoms with Crippen molar-refractivity contribution in [2.24, 2.45) is 0 Å². The summed E-state index contributed by atoms with van der Waals surface area (Å²) >= 11 is 4.71. The van der Waals surface area contributed by atoms with E-state index in [9.17, 15) is 14.4 Å². The van der Waals surface area contributed by atoms with Crippen LogP contribution < -0.4 is 10.7 Å². The molecule has 3 amide bonds. The number of carbonyl (C=O) groups is 3. The van der Waals surface area contributed by atoms with Gasteiger partial charge >= 0.3 is 0 Å². The molecule has 0 atom stereocenters. The largest absolute Gasteiger partial charge is 0.326 e. The first-order valence-corrected chi connectivity index (χ1v) is 7.68. The first kappa shape index (κ1) is 14.9.